The summed E-state index contributed by atoms with van der Waals surface area (Å²) in [4.78, 5) is 18.1. The fourth-order valence-corrected chi connectivity index (χ4v) is 4.27. The molecular formula is C26H30FN5O. The average molecular weight is 448 g/mol. The quantitative estimate of drug-likeness (QED) is 0.425. The Labute approximate surface area is 193 Å². The van der Waals surface area contributed by atoms with Crippen molar-refractivity contribution in [2.45, 2.75) is 20.4 Å². The first-order valence-corrected chi connectivity index (χ1v) is 11.1. The summed E-state index contributed by atoms with van der Waals surface area (Å²) in [6.45, 7) is 6.56. The Kier molecular flexibility index (Phi) is 6.44. The number of aromatic nitrogens is 3. The standard InChI is InChI=1S/C26H30FN5O/c1-26(2,17-31(3)4)16-28-15-19-14-22-23(18-10-12-20(27)13-11-18)30-32(24(22)29-25(19)33)21-8-6-5-7-9-21/h5-14,28H,15-17H2,1-4H3,(H,29,33). The highest BCUT2D eigenvalue weighted by Crippen LogP contribution is 2.29. The minimum Gasteiger partial charge on any atom is -0.312 e. The number of hydrogen-bond acceptors (Lipinski definition) is 4. The summed E-state index contributed by atoms with van der Waals surface area (Å²) < 4.78 is 15.3. The molecule has 2 heterocycles. The molecule has 0 atom stereocenters. The number of aromatic amines is 1. The lowest BCUT2D eigenvalue weighted by molar-refractivity contribution is 0.232. The lowest BCUT2D eigenvalue weighted by Gasteiger charge is -2.28. The molecule has 7 heteroatoms. The minimum atomic E-state index is -0.302. The SMILES string of the molecule is CN(C)CC(C)(C)CNCc1cc2c(-c3ccc(F)cc3)nn(-c3ccccc3)c2[nH]c1=O. The summed E-state index contributed by atoms with van der Waals surface area (Å²) in [7, 11) is 4.11. The maximum absolute atomic E-state index is 13.5. The van der Waals surface area contributed by atoms with Crippen molar-refractivity contribution in [3.05, 3.63) is 82.4 Å². The fourth-order valence-electron chi connectivity index (χ4n) is 4.27. The van der Waals surface area contributed by atoms with Crippen molar-refractivity contribution in [1.29, 1.82) is 0 Å². The lowest BCUT2D eigenvalue weighted by Crippen LogP contribution is -2.38. The van der Waals surface area contributed by atoms with Crippen molar-refractivity contribution in [2.75, 3.05) is 27.2 Å². The molecule has 4 rings (SSSR count). The smallest absolute Gasteiger partial charge is 0.254 e. The van der Waals surface area contributed by atoms with Gasteiger partial charge in [0.25, 0.3) is 5.56 Å². The Morgan fingerprint density at radius 3 is 2.45 bits per heavy atom. The van der Waals surface area contributed by atoms with Crippen LogP contribution in [0.1, 0.15) is 19.4 Å². The van der Waals surface area contributed by atoms with Crippen LogP contribution in [0.4, 0.5) is 4.39 Å². The molecule has 0 aliphatic rings. The number of nitrogens with one attached hydrogen (secondary N) is 2. The largest absolute Gasteiger partial charge is 0.312 e. The molecule has 0 radical (unpaired) electrons. The number of rotatable bonds is 8. The predicted molar refractivity (Wildman–Crippen MR) is 131 cm³/mol. The monoisotopic (exact) mass is 447 g/mol. The molecule has 0 saturated carbocycles. The van der Waals surface area contributed by atoms with E-state index in [2.05, 4.69) is 43.1 Å². The number of hydrogen-bond donors (Lipinski definition) is 2. The normalized spacial score (nSPS) is 12.1. The van der Waals surface area contributed by atoms with Crippen LogP contribution in [0.3, 0.4) is 0 Å². The van der Waals surface area contributed by atoms with Gasteiger partial charge in [0, 0.05) is 36.1 Å². The van der Waals surface area contributed by atoms with Crippen LogP contribution in [0.2, 0.25) is 0 Å². The van der Waals surface area contributed by atoms with Gasteiger partial charge in [-0.25, -0.2) is 9.07 Å². The van der Waals surface area contributed by atoms with Crippen LogP contribution in [-0.4, -0.2) is 46.8 Å². The number of H-pyrrole nitrogens is 1. The maximum atomic E-state index is 13.5. The van der Waals surface area contributed by atoms with Crippen molar-refractivity contribution >= 4 is 11.0 Å². The summed E-state index contributed by atoms with van der Waals surface area (Å²) in [5, 5.41) is 9.04. The van der Waals surface area contributed by atoms with Gasteiger partial charge in [-0.1, -0.05) is 32.0 Å². The minimum absolute atomic E-state index is 0.0673. The molecule has 2 aromatic carbocycles. The molecule has 0 aliphatic heterocycles. The number of para-hydroxylation sites is 1. The van der Waals surface area contributed by atoms with E-state index in [1.165, 1.54) is 12.1 Å². The number of fused-ring (bicyclic) bond motifs is 1. The van der Waals surface area contributed by atoms with Gasteiger partial charge < -0.3 is 15.2 Å². The Bertz CT molecular complexity index is 1290. The number of pyridine rings is 1. The molecule has 0 unspecified atom stereocenters. The van der Waals surface area contributed by atoms with E-state index in [9.17, 15) is 9.18 Å². The summed E-state index contributed by atoms with van der Waals surface area (Å²) in [5.41, 5.74) is 3.48. The highest BCUT2D eigenvalue weighted by Gasteiger charge is 2.20. The Balaban J connectivity index is 1.74. The van der Waals surface area contributed by atoms with Gasteiger partial charge in [-0.05, 0) is 62.0 Å². The van der Waals surface area contributed by atoms with Gasteiger partial charge in [0.05, 0.1) is 5.69 Å². The summed E-state index contributed by atoms with van der Waals surface area (Å²) in [5.74, 6) is -0.302. The first-order valence-electron chi connectivity index (χ1n) is 11.1. The zero-order valence-corrected chi connectivity index (χ0v) is 19.5. The lowest BCUT2D eigenvalue weighted by atomic mass is 9.93. The van der Waals surface area contributed by atoms with Crippen molar-refractivity contribution < 1.29 is 4.39 Å². The van der Waals surface area contributed by atoms with Gasteiger partial charge in [0.15, 0.2) is 0 Å². The highest BCUT2D eigenvalue weighted by molar-refractivity contribution is 5.92. The highest BCUT2D eigenvalue weighted by atomic mass is 19.1. The molecule has 2 aromatic heterocycles. The molecule has 6 nitrogen and oxygen atoms in total. The first kappa shape index (κ1) is 22.9. The van der Waals surface area contributed by atoms with Crippen LogP contribution >= 0.6 is 0 Å². The topological polar surface area (TPSA) is 66.0 Å². The molecule has 0 spiro atoms. The third-order valence-corrected chi connectivity index (χ3v) is 5.55. The van der Waals surface area contributed by atoms with E-state index in [0.29, 0.717) is 23.4 Å². The van der Waals surface area contributed by atoms with E-state index in [0.717, 1.165) is 29.7 Å². The molecule has 172 valence electrons. The van der Waals surface area contributed by atoms with Gasteiger partial charge in [-0.3, -0.25) is 4.79 Å². The van der Waals surface area contributed by atoms with E-state index >= 15 is 0 Å². The van der Waals surface area contributed by atoms with E-state index in [1.807, 2.05) is 36.4 Å². The van der Waals surface area contributed by atoms with Crippen LogP contribution in [0.15, 0.2) is 65.5 Å². The van der Waals surface area contributed by atoms with Gasteiger partial charge in [0.2, 0.25) is 0 Å². The Morgan fingerprint density at radius 1 is 1.09 bits per heavy atom. The van der Waals surface area contributed by atoms with Crippen molar-refractivity contribution in [2.24, 2.45) is 5.41 Å². The van der Waals surface area contributed by atoms with Crippen LogP contribution in [-0.2, 0) is 6.54 Å². The van der Waals surface area contributed by atoms with E-state index < -0.39 is 0 Å². The van der Waals surface area contributed by atoms with Crippen molar-refractivity contribution in [3.8, 4) is 16.9 Å². The van der Waals surface area contributed by atoms with Gasteiger partial charge in [-0.2, -0.15) is 5.10 Å². The van der Waals surface area contributed by atoms with E-state index in [1.54, 1.807) is 16.8 Å². The van der Waals surface area contributed by atoms with Crippen LogP contribution < -0.4 is 10.9 Å². The second kappa shape index (κ2) is 9.29. The van der Waals surface area contributed by atoms with Crippen LogP contribution in [0.25, 0.3) is 28.0 Å². The van der Waals surface area contributed by atoms with E-state index in [4.69, 9.17) is 5.10 Å². The fraction of sp³-hybridized carbons (Fsp3) is 0.308. The summed E-state index contributed by atoms with van der Waals surface area (Å²) in [6.07, 6.45) is 0. The summed E-state index contributed by atoms with van der Waals surface area (Å²) in [6, 6.07) is 17.8. The van der Waals surface area contributed by atoms with E-state index in [-0.39, 0.29) is 16.8 Å². The summed E-state index contributed by atoms with van der Waals surface area (Å²) >= 11 is 0. The Morgan fingerprint density at radius 2 is 1.79 bits per heavy atom. The second-order valence-electron chi connectivity index (χ2n) is 9.49. The van der Waals surface area contributed by atoms with Gasteiger partial charge in [-0.15, -0.1) is 0 Å². The first-order chi connectivity index (χ1) is 15.7. The van der Waals surface area contributed by atoms with Gasteiger partial charge in [0.1, 0.15) is 17.2 Å². The maximum Gasteiger partial charge on any atom is 0.254 e. The van der Waals surface area contributed by atoms with Crippen molar-refractivity contribution in [3.63, 3.8) is 0 Å². The van der Waals surface area contributed by atoms with Crippen LogP contribution in [0.5, 0.6) is 0 Å². The molecule has 2 N–H and O–H groups in total. The molecule has 0 amide bonds. The predicted octanol–water partition coefficient (Wildman–Crippen LogP) is 4.20. The molecule has 0 saturated heterocycles. The molecule has 4 aromatic rings. The third kappa shape index (κ3) is 5.21. The number of halogens is 1. The number of benzene rings is 2. The molecule has 33 heavy (non-hydrogen) atoms. The zero-order chi connectivity index (χ0) is 23.6. The molecular weight excluding hydrogens is 417 g/mol. The van der Waals surface area contributed by atoms with Crippen molar-refractivity contribution in [1.82, 2.24) is 25.0 Å². The third-order valence-electron chi connectivity index (χ3n) is 5.55. The average Bonchev–Trinajstić information content (AvgIpc) is 3.12. The molecule has 0 aliphatic carbocycles. The molecule has 0 bridgehead atoms. The molecule has 0 fully saturated rings. The number of nitrogens with zero attached hydrogens (tertiary/aromatic N) is 3. The zero-order valence-electron chi connectivity index (χ0n) is 19.5. The second-order valence-corrected chi connectivity index (χ2v) is 9.49. The Hall–Kier alpha value is -3.29. The van der Waals surface area contributed by atoms with Crippen LogP contribution in [0, 0.1) is 11.2 Å². The van der Waals surface area contributed by atoms with Gasteiger partial charge >= 0.3 is 0 Å².